The van der Waals surface area contributed by atoms with Gasteiger partial charge >= 0.3 is 6.18 Å². The van der Waals surface area contributed by atoms with Crippen molar-refractivity contribution in [2.45, 2.75) is 12.2 Å². The molecule has 0 fully saturated rings. The maximum atomic E-state index is 13.6. The van der Waals surface area contributed by atoms with Gasteiger partial charge in [-0.1, -0.05) is 12.1 Å². The molecule has 5 nitrogen and oxygen atoms in total. The summed E-state index contributed by atoms with van der Waals surface area (Å²) < 4.78 is 58.4. The molecule has 0 aliphatic carbocycles. The Bertz CT molecular complexity index is 984. The van der Waals surface area contributed by atoms with Gasteiger partial charge in [0.2, 0.25) is 0 Å². The number of carbonyl (C=O) groups is 1. The minimum atomic E-state index is -4.45. The molecule has 2 aromatic carbocycles. The minimum Gasteiger partial charge on any atom is -0.484 e. The molecule has 0 aliphatic rings. The highest BCUT2D eigenvalue weighted by atomic mass is 19.4. The Kier molecular flexibility index (Phi) is 5.86. The first-order chi connectivity index (χ1) is 13.7. The molecule has 0 saturated carbocycles. The lowest BCUT2D eigenvalue weighted by molar-refractivity contribution is -0.137. The molecule has 1 unspecified atom stereocenters. The first-order valence-electron chi connectivity index (χ1n) is 8.56. The number of rotatable bonds is 6. The van der Waals surface area contributed by atoms with Crippen molar-refractivity contribution in [3.63, 3.8) is 0 Å². The Balaban J connectivity index is 1.70. The molecule has 152 valence electrons. The molecule has 0 spiro atoms. The van der Waals surface area contributed by atoms with E-state index in [0.717, 1.165) is 24.3 Å². The summed E-state index contributed by atoms with van der Waals surface area (Å²) in [5.41, 5.74) is -0.322. The van der Waals surface area contributed by atoms with Gasteiger partial charge in [-0.25, -0.2) is 9.37 Å². The van der Waals surface area contributed by atoms with Crippen molar-refractivity contribution in [2.75, 3.05) is 6.61 Å². The molecule has 3 aromatic rings. The standard InChI is InChI=1S/C20H17F4N3O2/c1-27-10-9-25-19(27)18(13-3-2-4-15(21)11-13)26-17(28)12-29-16-7-5-14(6-8-16)20(22,23)24/h2-11,18H,12H2,1H3,(H,26,28). The molecule has 1 amide bonds. The van der Waals surface area contributed by atoms with E-state index in [-0.39, 0.29) is 5.75 Å². The van der Waals surface area contributed by atoms with E-state index in [2.05, 4.69) is 10.3 Å². The fourth-order valence-electron chi connectivity index (χ4n) is 2.73. The van der Waals surface area contributed by atoms with Crippen molar-refractivity contribution in [1.82, 2.24) is 14.9 Å². The number of hydrogen-bond donors (Lipinski definition) is 1. The Labute approximate surface area is 163 Å². The Morgan fingerprint density at radius 1 is 1.21 bits per heavy atom. The Hall–Kier alpha value is -3.36. The summed E-state index contributed by atoms with van der Waals surface area (Å²) in [5.74, 6) is -0.398. The van der Waals surface area contributed by atoms with Gasteiger partial charge in [-0.3, -0.25) is 4.79 Å². The highest BCUT2D eigenvalue weighted by molar-refractivity contribution is 5.78. The molecular weight excluding hydrogens is 390 g/mol. The van der Waals surface area contributed by atoms with Gasteiger partial charge in [-0.15, -0.1) is 0 Å². The van der Waals surface area contributed by atoms with Crippen LogP contribution in [0.5, 0.6) is 5.75 Å². The van der Waals surface area contributed by atoms with Gasteiger partial charge in [-0.2, -0.15) is 13.2 Å². The van der Waals surface area contributed by atoms with Crippen molar-refractivity contribution in [3.05, 3.63) is 83.7 Å². The predicted molar refractivity (Wildman–Crippen MR) is 96.5 cm³/mol. The molecule has 1 N–H and O–H groups in total. The van der Waals surface area contributed by atoms with Crippen LogP contribution in [-0.4, -0.2) is 22.1 Å². The zero-order valence-electron chi connectivity index (χ0n) is 15.3. The van der Waals surface area contributed by atoms with E-state index in [4.69, 9.17) is 4.74 Å². The molecule has 0 saturated heterocycles. The van der Waals surface area contributed by atoms with Crippen LogP contribution in [0.4, 0.5) is 17.6 Å². The predicted octanol–water partition coefficient (Wildman–Crippen LogP) is 3.86. The molecular formula is C20H17F4N3O2. The second-order valence-corrected chi connectivity index (χ2v) is 6.26. The summed E-state index contributed by atoms with van der Waals surface area (Å²) in [4.78, 5) is 16.6. The lowest BCUT2D eigenvalue weighted by atomic mass is 10.1. The van der Waals surface area contributed by atoms with Gasteiger partial charge in [0.25, 0.3) is 5.91 Å². The van der Waals surface area contributed by atoms with E-state index in [1.807, 2.05) is 0 Å². The van der Waals surface area contributed by atoms with E-state index >= 15 is 0 Å². The lowest BCUT2D eigenvalue weighted by Crippen LogP contribution is -2.34. The quantitative estimate of drug-likeness (QED) is 0.632. The average Bonchev–Trinajstić information content (AvgIpc) is 3.09. The number of aryl methyl sites for hydroxylation is 1. The summed E-state index contributed by atoms with van der Waals surface area (Å²) in [6.45, 7) is -0.429. The highest BCUT2D eigenvalue weighted by Crippen LogP contribution is 2.30. The van der Waals surface area contributed by atoms with Crippen LogP contribution in [0.3, 0.4) is 0 Å². The van der Waals surface area contributed by atoms with Gasteiger partial charge in [0, 0.05) is 19.4 Å². The number of imidazole rings is 1. The number of alkyl halides is 3. The molecule has 0 bridgehead atoms. The summed E-state index contributed by atoms with van der Waals surface area (Å²) in [6.07, 6.45) is -1.21. The van der Waals surface area contributed by atoms with Gasteiger partial charge in [-0.05, 0) is 42.0 Å². The summed E-state index contributed by atoms with van der Waals surface area (Å²) in [6, 6.07) is 9.04. The van der Waals surface area contributed by atoms with Crippen LogP contribution in [0.1, 0.15) is 23.0 Å². The molecule has 0 aliphatic heterocycles. The number of carbonyl (C=O) groups excluding carboxylic acids is 1. The number of benzene rings is 2. The second-order valence-electron chi connectivity index (χ2n) is 6.26. The van der Waals surface area contributed by atoms with Gasteiger partial charge in [0.1, 0.15) is 23.4 Å². The van der Waals surface area contributed by atoms with Crippen LogP contribution in [0, 0.1) is 5.82 Å². The number of halogens is 4. The molecule has 1 heterocycles. The van der Waals surface area contributed by atoms with Crippen LogP contribution >= 0.6 is 0 Å². The summed E-state index contributed by atoms with van der Waals surface area (Å²) in [5, 5.41) is 2.72. The zero-order chi connectivity index (χ0) is 21.0. The smallest absolute Gasteiger partial charge is 0.416 e. The molecule has 29 heavy (non-hydrogen) atoms. The van der Waals surface area contributed by atoms with E-state index in [1.54, 1.807) is 30.1 Å². The SMILES string of the molecule is Cn1ccnc1C(NC(=O)COc1ccc(C(F)(F)F)cc1)c1cccc(F)c1. The molecule has 0 radical (unpaired) electrons. The molecule has 1 aromatic heterocycles. The van der Waals surface area contributed by atoms with E-state index in [1.165, 1.54) is 18.2 Å². The van der Waals surface area contributed by atoms with Crippen LogP contribution in [0.15, 0.2) is 60.9 Å². The lowest BCUT2D eigenvalue weighted by Gasteiger charge is -2.19. The van der Waals surface area contributed by atoms with Crippen molar-refractivity contribution in [2.24, 2.45) is 7.05 Å². The maximum Gasteiger partial charge on any atom is 0.416 e. The average molecular weight is 407 g/mol. The number of nitrogens with one attached hydrogen (secondary N) is 1. The van der Waals surface area contributed by atoms with Gasteiger partial charge in [0.15, 0.2) is 6.61 Å². The zero-order valence-corrected chi connectivity index (χ0v) is 15.3. The largest absolute Gasteiger partial charge is 0.484 e. The third kappa shape index (κ3) is 5.13. The fraction of sp³-hybridized carbons (Fsp3) is 0.200. The van der Waals surface area contributed by atoms with Crippen LogP contribution in [-0.2, 0) is 18.0 Å². The van der Waals surface area contributed by atoms with Crippen LogP contribution in [0.25, 0.3) is 0 Å². The van der Waals surface area contributed by atoms with E-state index < -0.39 is 36.1 Å². The third-order valence-electron chi connectivity index (χ3n) is 4.16. The number of ether oxygens (including phenoxy) is 1. The number of hydrogen-bond acceptors (Lipinski definition) is 3. The van der Waals surface area contributed by atoms with E-state index in [0.29, 0.717) is 11.4 Å². The first kappa shape index (κ1) is 20.4. The van der Waals surface area contributed by atoms with Crippen molar-refractivity contribution in [3.8, 4) is 5.75 Å². The topological polar surface area (TPSA) is 56.2 Å². The second kappa shape index (κ2) is 8.34. The van der Waals surface area contributed by atoms with Crippen molar-refractivity contribution >= 4 is 5.91 Å². The monoisotopic (exact) mass is 407 g/mol. The van der Waals surface area contributed by atoms with Crippen LogP contribution < -0.4 is 10.1 Å². The normalized spacial score (nSPS) is 12.4. The number of aromatic nitrogens is 2. The first-order valence-corrected chi connectivity index (χ1v) is 8.56. The fourth-order valence-corrected chi connectivity index (χ4v) is 2.73. The van der Waals surface area contributed by atoms with Crippen molar-refractivity contribution < 1.29 is 27.1 Å². The summed E-state index contributed by atoms with van der Waals surface area (Å²) in [7, 11) is 1.74. The van der Waals surface area contributed by atoms with Gasteiger partial charge < -0.3 is 14.6 Å². The van der Waals surface area contributed by atoms with E-state index in [9.17, 15) is 22.4 Å². The number of nitrogens with zero attached hydrogens (tertiary/aromatic N) is 2. The van der Waals surface area contributed by atoms with Crippen LogP contribution in [0.2, 0.25) is 0 Å². The minimum absolute atomic E-state index is 0.118. The third-order valence-corrected chi connectivity index (χ3v) is 4.16. The molecule has 9 heteroatoms. The number of amides is 1. The molecule has 1 atom stereocenters. The highest BCUT2D eigenvalue weighted by Gasteiger charge is 2.30. The molecule has 3 rings (SSSR count). The summed E-state index contributed by atoms with van der Waals surface area (Å²) >= 11 is 0. The Morgan fingerprint density at radius 3 is 2.52 bits per heavy atom. The van der Waals surface area contributed by atoms with Crippen molar-refractivity contribution in [1.29, 1.82) is 0 Å². The Morgan fingerprint density at radius 2 is 1.93 bits per heavy atom. The maximum absolute atomic E-state index is 13.6. The van der Waals surface area contributed by atoms with Gasteiger partial charge in [0.05, 0.1) is 5.56 Å².